The van der Waals surface area contributed by atoms with Crippen molar-refractivity contribution in [3.8, 4) is 0 Å². The molecule has 0 spiro atoms. The van der Waals surface area contributed by atoms with Crippen LogP contribution in [0.25, 0.3) is 0 Å². The van der Waals surface area contributed by atoms with E-state index in [1.54, 1.807) is 0 Å². The predicted octanol–water partition coefficient (Wildman–Crippen LogP) is 1.49. The van der Waals surface area contributed by atoms with E-state index in [0.717, 1.165) is 11.1 Å². The zero-order chi connectivity index (χ0) is 13.0. The molecule has 5 nitrogen and oxygen atoms in total. The predicted molar refractivity (Wildman–Crippen MR) is 71.5 cm³/mol. The van der Waals surface area contributed by atoms with Crippen LogP contribution in [0.2, 0.25) is 5.02 Å². The summed E-state index contributed by atoms with van der Waals surface area (Å²) in [4.78, 5) is 17.7. The van der Waals surface area contributed by atoms with Crippen molar-refractivity contribution in [3.63, 3.8) is 0 Å². The van der Waals surface area contributed by atoms with Gasteiger partial charge in [0.25, 0.3) is 5.56 Å². The quantitative estimate of drug-likeness (QED) is 0.781. The number of anilines is 1. The van der Waals surface area contributed by atoms with Gasteiger partial charge in [0.15, 0.2) is 5.82 Å². The molecular weight excluding hydrogens is 252 g/mol. The molecule has 0 amide bonds. The number of benzene rings is 1. The lowest BCUT2D eigenvalue weighted by molar-refractivity contribution is 0.995. The average molecular weight is 265 g/mol. The van der Waals surface area contributed by atoms with Crippen molar-refractivity contribution in [2.24, 2.45) is 5.73 Å². The van der Waals surface area contributed by atoms with Gasteiger partial charge in [-0.25, -0.2) is 4.98 Å². The average Bonchev–Trinajstić information content (AvgIpc) is 2.41. The van der Waals surface area contributed by atoms with Crippen molar-refractivity contribution in [1.29, 1.82) is 0 Å². The lowest BCUT2D eigenvalue weighted by atomic mass is 10.1. The minimum Gasteiger partial charge on any atom is -0.365 e. The Morgan fingerprint density at radius 3 is 2.78 bits per heavy atom. The molecule has 0 atom stereocenters. The van der Waals surface area contributed by atoms with Crippen LogP contribution in [0.4, 0.5) is 5.82 Å². The summed E-state index contributed by atoms with van der Waals surface area (Å²) in [5.74, 6) is 0.368. The molecule has 18 heavy (non-hydrogen) atoms. The molecule has 2 aromatic rings. The molecule has 0 unspecified atom stereocenters. The van der Waals surface area contributed by atoms with Crippen LogP contribution >= 0.6 is 11.6 Å². The Hall–Kier alpha value is -1.85. The molecule has 0 aliphatic rings. The molecule has 0 radical (unpaired) electrons. The van der Waals surface area contributed by atoms with Crippen LogP contribution in [0.1, 0.15) is 11.1 Å². The van der Waals surface area contributed by atoms with Gasteiger partial charge in [-0.15, -0.1) is 0 Å². The summed E-state index contributed by atoms with van der Waals surface area (Å²) in [6.45, 7) is 0.984. The van der Waals surface area contributed by atoms with Gasteiger partial charge < -0.3 is 16.0 Å². The van der Waals surface area contributed by atoms with Crippen LogP contribution in [0.5, 0.6) is 0 Å². The maximum Gasteiger partial charge on any atom is 0.271 e. The molecule has 0 bridgehead atoms. The number of hydrogen-bond donors (Lipinski definition) is 3. The summed E-state index contributed by atoms with van der Waals surface area (Å²) in [7, 11) is 0. The first-order valence-electron chi connectivity index (χ1n) is 5.46. The second-order valence-corrected chi connectivity index (χ2v) is 4.10. The van der Waals surface area contributed by atoms with Gasteiger partial charge in [-0.2, -0.15) is 0 Å². The van der Waals surface area contributed by atoms with Gasteiger partial charge >= 0.3 is 0 Å². The second-order valence-electron chi connectivity index (χ2n) is 3.72. The first kappa shape index (κ1) is 12.6. The molecule has 1 aromatic carbocycles. The maximum atomic E-state index is 11.3. The van der Waals surface area contributed by atoms with E-state index in [-0.39, 0.29) is 10.6 Å². The van der Waals surface area contributed by atoms with E-state index in [1.807, 2.05) is 24.3 Å². The number of aromatic nitrogens is 2. The van der Waals surface area contributed by atoms with Gasteiger partial charge in [0.05, 0.1) is 6.33 Å². The van der Waals surface area contributed by atoms with Crippen LogP contribution in [0.15, 0.2) is 35.4 Å². The molecule has 94 valence electrons. The molecular formula is C12H13ClN4O. The number of nitrogens with two attached hydrogens (primary N) is 1. The standard InChI is InChI=1S/C12H13ClN4O/c13-10-11(16-7-17-12(10)18)15-6-9-4-2-1-3-8(9)5-14/h1-4,7H,5-6,14H2,(H2,15,16,17,18). The fourth-order valence-corrected chi connectivity index (χ4v) is 1.78. The third-order valence-electron chi connectivity index (χ3n) is 2.58. The third-order valence-corrected chi connectivity index (χ3v) is 2.93. The van der Waals surface area contributed by atoms with Crippen molar-refractivity contribution >= 4 is 17.4 Å². The first-order valence-corrected chi connectivity index (χ1v) is 5.84. The van der Waals surface area contributed by atoms with Gasteiger partial charge in [0.1, 0.15) is 5.02 Å². The summed E-state index contributed by atoms with van der Waals surface area (Å²) in [6, 6.07) is 7.80. The van der Waals surface area contributed by atoms with Gasteiger partial charge in [-0.1, -0.05) is 35.9 Å². The number of H-pyrrole nitrogens is 1. The number of rotatable bonds is 4. The molecule has 0 aliphatic heterocycles. The number of halogens is 1. The SMILES string of the molecule is NCc1ccccc1CNc1nc[nH]c(=O)c1Cl. The lowest BCUT2D eigenvalue weighted by Gasteiger charge is -2.09. The van der Waals surface area contributed by atoms with Crippen LogP contribution < -0.4 is 16.6 Å². The Kier molecular flexibility index (Phi) is 3.96. The van der Waals surface area contributed by atoms with Gasteiger partial charge in [-0.05, 0) is 11.1 Å². The largest absolute Gasteiger partial charge is 0.365 e. The van der Waals surface area contributed by atoms with Gasteiger partial charge in [0, 0.05) is 13.1 Å². The Bertz CT molecular complexity index is 597. The second kappa shape index (κ2) is 5.66. The molecule has 4 N–H and O–H groups in total. The minimum absolute atomic E-state index is 0.0581. The molecule has 0 aliphatic carbocycles. The molecule has 0 saturated heterocycles. The van der Waals surface area contributed by atoms with E-state index in [2.05, 4.69) is 15.3 Å². The van der Waals surface area contributed by atoms with E-state index in [0.29, 0.717) is 18.9 Å². The Morgan fingerprint density at radius 1 is 1.33 bits per heavy atom. The van der Waals surface area contributed by atoms with Crippen LogP contribution in [-0.2, 0) is 13.1 Å². The fourth-order valence-electron chi connectivity index (χ4n) is 1.61. The van der Waals surface area contributed by atoms with Crippen LogP contribution in [-0.4, -0.2) is 9.97 Å². The summed E-state index contributed by atoms with van der Waals surface area (Å²) < 4.78 is 0. The molecule has 0 saturated carbocycles. The van der Waals surface area contributed by atoms with E-state index in [1.165, 1.54) is 6.33 Å². The number of hydrogen-bond acceptors (Lipinski definition) is 4. The van der Waals surface area contributed by atoms with Crippen molar-refractivity contribution < 1.29 is 0 Å². The molecule has 0 fully saturated rings. The van der Waals surface area contributed by atoms with E-state index in [4.69, 9.17) is 17.3 Å². The highest BCUT2D eigenvalue weighted by Crippen LogP contribution is 2.15. The molecule has 1 heterocycles. The molecule has 2 rings (SSSR count). The zero-order valence-electron chi connectivity index (χ0n) is 9.61. The van der Waals surface area contributed by atoms with E-state index < -0.39 is 0 Å². The third kappa shape index (κ3) is 2.69. The topological polar surface area (TPSA) is 83.8 Å². The Labute approximate surface area is 109 Å². The highest BCUT2D eigenvalue weighted by atomic mass is 35.5. The maximum absolute atomic E-state index is 11.3. The summed E-state index contributed by atoms with van der Waals surface area (Å²) in [6.07, 6.45) is 1.31. The van der Waals surface area contributed by atoms with Crippen LogP contribution in [0, 0.1) is 0 Å². The lowest BCUT2D eigenvalue weighted by Crippen LogP contribution is -2.12. The normalized spacial score (nSPS) is 10.3. The first-order chi connectivity index (χ1) is 8.72. The highest BCUT2D eigenvalue weighted by Gasteiger charge is 2.06. The van der Waals surface area contributed by atoms with Gasteiger partial charge in [-0.3, -0.25) is 4.79 Å². The molecule has 1 aromatic heterocycles. The summed E-state index contributed by atoms with van der Waals surface area (Å²) >= 11 is 5.84. The highest BCUT2D eigenvalue weighted by molar-refractivity contribution is 6.32. The zero-order valence-corrected chi connectivity index (χ0v) is 10.4. The Balaban J connectivity index is 2.16. The summed E-state index contributed by atoms with van der Waals surface area (Å²) in [5, 5.41) is 3.08. The van der Waals surface area contributed by atoms with E-state index >= 15 is 0 Å². The summed E-state index contributed by atoms with van der Waals surface area (Å²) in [5.41, 5.74) is 7.39. The van der Waals surface area contributed by atoms with E-state index in [9.17, 15) is 4.79 Å². The van der Waals surface area contributed by atoms with Crippen molar-refractivity contribution in [2.45, 2.75) is 13.1 Å². The number of aromatic amines is 1. The smallest absolute Gasteiger partial charge is 0.271 e. The Morgan fingerprint density at radius 2 is 2.06 bits per heavy atom. The van der Waals surface area contributed by atoms with Crippen molar-refractivity contribution in [3.05, 3.63) is 57.1 Å². The fraction of sp³-hybridized carbons (Fsp3) is 0.167. The van der Waals surface area contributed by atoms with Crippen LogP contribution in [0.3, 0.4) is 0 Å². The number of nitrogens with one attached hydrogen (secondary N) is 2. The number of nitrogens with zero attached hydrogens (tertiary/aromatic N) is 1. The minimum atomic E-state index is -0.360. The van der Waals surface area contributed by atoms with Gasteiger partial charge in [0.2, 0.25) is 0 Å². The monoisotopic (exact) mass is 264 g/mol. The van der Waals surface area contributed by atoms with Crippen molar-refractivity contribution in [2.75, 3.05) is 5.32 Å². The van der Waals surface area contributed by atoms with Crippen molar-refractivity contribution in [1.82, 2.24) is 9.97 Å². The molecule has 6 heteroatoms.